The first-order valence-electron chi connectivity index (χ1n) is 7.88. The number of nitrogens with one attached hydrogen (secondary N) is 1. The van der Waals surface area contributed by atoms with Gasteiger partial charge in [-0.05, 0) is 17.7 Å². The molecule has 1 amide bonds. The summed E-state index contributed by atoms with van der Waals surface area (Å²) in [6.07, 6.45) is 4.30. The van der Waals surface area contributed by atoms with Gasteiger partial charge >= 0.3 is 0 Å². The molecule has 5 nitrogen and oxygen atoms in total. The van der Waals surface area contributed by atoms with Crippen LogP contribution in [-0.2, 0) is 11.2 Å². The Labute approximate surface area is 136 Å². The topological polar surface area (TPSA) is 46.9 Å². The fourth-order valence-electron chi connectivity index (χ4n) is 2.83. The molecular formula is C18H22N3O2+. The molecule has 0 radical (unpaired) electrons. The molecule has 2 aromatic rings. The van der Waals surface area contributed by atoms with Crippen molar-refractivity contribution in [3.05, 3.63) is 54.4 Å². The molecule has 0 aliphatic carbocycles. The van der Waals surface area contributed by atoms with Crippen LogP contribution in [0.15, 0.2) is 48.8 Å². The molecule has 1 N–H and O–H groups in total. The van der Waals surface area contributed by atoms with Crippen molar-refractivity contribution in [2.24, 2.45) is 0 Å². The SMILES string of the molecule is COc1ccc(CC(=O)N2CCN(c3cc[nH+]cc3)CC2)cc1. The van der Waals surface area contributed by atoms with Crippen molar-refractivity contribution in [2.45, 2.75) is 6.42 Å². The number of aromatic amines is 1. The van der Waals surface area contributed by atoms with Crippen LogP contribution in [0.3, 0.4) is 0 Å². The zero-order chi connectivity index (χ0) is 16.1. The van der Waals surface area contributed by atoms with Gasteiger partial charge in [-0.15, -0.1) is 0 Å². The number of carbonyl (C=O) groups is 1. The van der Waals surface area contributed by atoms with E-state index in [9.17, 15) is 4.79 Å². The maximum atomic E-state index is 12.4. The van der Waals surface area contributed by atoms with E-state index in [1.165, 1.54) is 5.69 Å². The van der Waals surface area contributed by atoms with Crippen molar-refractivity contribution in [1.29, 1.82) is 0 Å². The van der Waals surface area contributed by atoms with E-state index in [1.54, 1.807) is 7.11 Å². The van der Waals surface area contributed by atoms with E-state index in [1.807, 2.05) is 41.6 Å². The zero-order valence-electron chi connectivity index (χ0n) is 13.4. The van der Waals surface area contributed by atoms with Gasteiger partial charge in [0.15, 0.2) is 12.4 Å². The summed E-state index contributed by atoms with van der Waals surface area (Å²) < 4.78 is 5.14. The maximum Gasteiger partial charge on any atom is 0.227 e. The lowest BCUT2D eigenvalue weighted by Crippen LogP contribution is -2.49. The Morgan fingerprint density at radius 1 is 1.04 bits per heavy atom. The largest absolute Gasteiger partial charge is 0.497 e. The van der Waals surface area contributed by atoms with Crippen LogP contribution >= 0.6 is 0 Å². The molecule has 1 aromatic heterocycles. The lowest BCUT2D eigenvalue weighted by atomic mass is 10.1. The van der Waals surface area contributed by atoms with Gasteiger partial charge in [0.25, 0.3) is 0 Å². The first-order chi connectivity index (χ1) is 11.3. The number of aromatic nitrogens is 1. The molecule has 0 saturated carbocycles. The molecule has 1 saturated heterocycles. The third kappa shape index (κ3) is 3.80. The summed E-state index contributed by atoms with van der Waals surface area (Å²) in [5, 5.41) is 0. The minimum atomic E-state index is 0.191. The number of pyridine rings is 1. The predicted octanol–water partition coefficient (Wildman–Crippen LogP) is 1.40. The molecule has 1 fully saturated rings. The molecule has 1 aliphatic heterocycles. The first-order valence-corrected chi connectivity index (χ1v) is 7.88. The number of carbonyl (C=O) groups excluding carboxylic acids is 1. The number of methoxy groups -OCH3 is 1. The Hall–Kier alpha value is -2.56. The highest BCUT2D eigenvalue weighted by Gasteiger charge is 2.21. The van der Waals surface area contributed by atoms with E-state index >= 15 is 0 Å². The average molecular weight is 312 g/mol. The van der Waals surface area contributed by atoms with Gasteiger partial charge in [-0.2, -0.15) is 0 Å². The Bertz CT molecular complexity index is 635. The van der Waals surface area contributed by atoms with Crippen molar-refractivity contribution in [3.8, 4) is 5.75 Å². The van der Waals surface area contributed by atoms with Gasteiger partial charge in [0, 0.05) is 44.0 Å². The quantitative estimate of drug-likeness (QED) is 0.857. The second kappa shape index (κ2) is 7.13. The van der Waals surface area contributed by atoms with Crippen LogP contribution in [-0.4, -0.2) is 44.1 Å². The lowest BCUT2D eigenvalue weighted by molar-refractivity contribution is -0.377. The van der Waals surface area contributed by atoms with Gasteiger partial charge in [-0.25, -0.2) is 4.98 Å². The maximum absolute atomic E-state index is 12.4. The van der Waals surface area contributed by atoms with Crippen LogP contribution in [0, 0.1) is 0 Å². The second-order valence-electron chi connectivity index (χ2n) is 5.65. The number of anilines is 1. The number of ether oxygens (including phenoxy) is 1. The Kier molecular flexibility index (Phi) is 4.76. The minimum absolute atomic E-state index is 0.191. The van der Waals surface area contributed by atoms with E-state index in [4.69, 9.17) is 4.74 Å². The van der Waals surface area contributed by atoms with E-state index in [0.29, 0.717) is 6.42 Å². The molecule has 0 unspecified atom stereocenters. The van der Waals surface area contributed by atoms with E-state index in [0.717, 1.165) is 37.5 Å². The number of amides is 1. The molecule has 0 bridgehead atoms. The summed E-state index contributed by atoms with van der Waals surface area (Å²) in [4.78, 5) is 19.7. The molecule has 1 aromatic carbocycles. The van der Waals surface area contributed by atoms with Crippen molar-refractivity contribution >= 4 is 11.6 Å². The van der Waals surface area contributed by atoms with Crippen LogP contribution in [0.4, 0.5) is 5.69 Å². The molecule has 2 heterocycles. The summed E-state index contributed by atoms with van der Waals surface area (Å²) >= 11 is 0. The van der Waals surface area contributed by atoms with E-state index < -0.39 is 0 Å². The van der Waals surface area contributed by atoms with E-state index in [-0.39, 0.29) is 5.91 Å². The highest BCUT2D eigenvalue weighted by atomic mass is 16.5. The molecule has 1 aliphatic rings. The molecule has 23 heavy (non-hydrogen) atoms. The monoisotopic (exact) mass is 312 g/mol. The van der Waals surface area contributed by atoms with Gasteiger partial charge in [-0.1, -0.05) is 12.1 Å². The van der Waals surface area contributed by atoms with Crippen LogP contribution in [0.5, 0.6) is 5.75 Å². The smallest absolute Gasteiger partial charge is 0.227 e. The summed E-state index contributed by atoms with van der Waals surface area (Å²) in [6, 6.07) is 11.8. The number of hydrogen-bond donors (Lipinski definition) is 0. The van der Waals surface area contributed by atoms with Crippen LogP contribution in [0.1, 0.15) is 5.56 Å². The lowest BCUT2D eigenvalue weighted by Gasteiger charge is -2.35. The van der Waals surface area contributed by atoms with Gasteiger partial charge in [-0.3, -0.25) is 4.79 Å². The predicted molar refractivity (Wildman–Crippen MR) is 88.5 cm³/mol. The van der Waals surface area contributed by atoms with Crippen LogP contribution in [0.25, 0.3) is 0 Å². The normalized spacial score (nSPS) is 14.7. The second-order valence-corrected chi connectivity index (χ2v) is 5.65. The Morgan fingerprint density at radius 3 is 2.30 bits per heavy atom. The summed E-state index contributed by atoms with van der Waals surface area (Å²) in [6.45, 7) is 3.29. The number of H-pyrrole nitrogens is 1. The molecule has 0 spiro atoms. The van der Waals surface area contributed by atoms with Gasteiger partial charge in [0.05, 0.1) is 13.5 Å². The Balaban J connectivity index is 1.53. The van der Waals surface area contributed by atoms with Crippen LogP contribution < -0.4 is 14.6 Å². The first kappa shape index (κ1) is 15.3. The Morgan fingerprint density at radius 2 is 1.70 bits per heavy atom. The third-order valence-corrected chi connectivity index (χ3v) is 4.21. The van der Waals surface area contributed by atoms with E-state index in [2.05, 4.69) is 22.0 Å². The minimum Gasteiger partial charge on any atom is -0.497 e. The number of rotatable bonds is 4. The zero-order valence-corrected chi connectivity index (χ0v) is 13.4. The van der Waals surface area contributed by atoms with Crippen molar-refractivity contribution in [1.82, 2.24) is 4.90 Å². The number of nitrogens with zero attached hydrogens (tertiary/aromatic N) is 2. The summed E-state index contributed by atoms with van der Waals surface area (Å²) in [5.74, 6) is 1.01. The summed E-state index contributed by atoms with van der Waals surface area (Å²) in [7, 11) is 1.64. The molecule has 5 heteroatoms. The number of piperazine rings is 1. The summed E-state index contributed by atoms with van der Waals surface area (Å²) in [5.41, 5.74) is 2.22. The highest BCUT2D eigenvalue weighted by Crippen LogP contribution is 2.16. The number of benzene rings is 1. The third-order valence-electron chi connectivity index (χ3n) is 4.21. The van der Waals surface area contributed by atoms with Crippen molar-refractivity contribution < 1.29 is 14.5 Å². The standard InChI is InChI=1S/C18H21N3O2/c1-23-17-4-2-15(3-5-17)14-18(22)21-12-10-20(11-13-21)16-6-8-19-9-7-16/h2-9H,10-14H2,1H3/p+1. The van der Waals surface area contributed by atoms with Crippen molar-refractivity contribution in [3.63, 3.8) is 0 Å². The molecule has 3 rings (SSSR count). The molecule has 0 atom stereocenters. The molecular weight excluding hydrogens is 290 g/mol. The van der Waals surface area contributed by atoms with Gasteiger partial charge in [0.1, 0.15) is 5.75 Å². The highest BCUT2D eigenvalue weighted by molar-refractivity contribution is 5.79. The van der Waals surface area contributed by atoms with Gasteiger partial charge < -0.3 is 14.5 Å². The number of hydrogen-bond acceptors (Lipinski definition) is 3. The average Bonchev–Trinajstić information content (AvgIpc) is 2.63. The fourth-order valence-corrected chi connectivity index (χ4v) is 2.83. The molecule has 120 valence electrons. The fraction of sp³-hybridized carbons (Fsp3) is 0.333. The van der Waals surface area contributed by atoms with Crippen molar-refractivity contribution in [2.75, 3.05) is 38.2 Å². The van der Waals surface area contributed by atoms with Gasteiger partial charge in [0.2, 0.25) is 5.91 Å². The van der Waals surface area contributed by atoms with Crippen LogP contribution in [0.2, 0.25) is 0 Å².